The van der Waals surface area contributed by atoms with Gasteiger partial charge in [0.25, 0.3) is 5.91 Å². The summed E-state index contributed by atoms with van der Waals surface area (Å²) in [5, 5.41) is 2.78. The topological polar surface area (TPSA) is 70.7 Å². The summed E-state index contributed by atoms with van der Waals surface area (Å²) < 4.78 is 0. The van der Waals surface area contributed by atoms with Crippen LogP contribution in [0.1, 0.15) is 16.3 Å². The zero-order valence-electron chi connectivity index (χ0n) is 11.3. The summed E-state index contributed by atoms with van der Waals surface area (Å²) in [6.07, 6.45) is 3.35. The number of carbonyl (C=O) groups excluding carboxylic acids is 1. The minimum atomic E-state index is -0.215. The lowest BCUT2D eigenvalue weighted by Crippen LogP contribution is -2.24. The van der Waals surface area contributed by atoms with E-state index in [1.165, 1.54) is 0 Å². The quantitative estimate of drug-likeness (QED) is 0.770. The Hall–Kier alpha value is -2.95. The van der Waals surface area contributed by atoms with Crippen molar-refractivity contribution in [1.82, 2.24) is 20.3 Å². The Kier molecular flexibility index (Phi) is 3.73. The van der Waals surface area contributed by atoms with Crippen LogP contribution >= 0.6 is 0 Å². The second kappa shape index (κ2) is 6.00. The lowest BCUT2D eigenvalue weighted by Gasteiger charge is -2.02. The number of nitrogens with one attached hydrogen (secondary N) is 2. The van der Waals surface area contributed by atoms with E-state index >= 15 is 0 Å². The van der Waals surface area contributed by atoms with Crippen LogP contribution in [0.15, 0.2) is 60.9 Å². The number of hydrogen-bond acceptors (Lipinski definition) is 3. The second-order valence-corrected chi connectivity index (χ2v) is 4.51. The Balaban J connectivity index is 1.64. The zero-order valence-corrected chi connectivity index (χ0v) is 11.3. The zero-order chi connectivity index (χ0) is 14.5. The van der Waals surface area contributed by atoms with Crippen molar-refractivity contribution in [2.24, 2.45) is 0 Å². The fourth-order valence-electron chi connectivity index (χ4n) is 1.97. The molecule has 0 spiro atoms. The Morgan fingerprint density at radius 1 is 1.05 bits per heavy atom. The first-order chi connectivity index (χ1) is 10.3. The Bertz CT molecular complexity index is 722. The molecule has 0 saturated heterocycles. The van der Waals surface area contributed by atoms with E-state index in [1.807, 2.05) is 30.3 Å². The van der Waals surface area contributed by atoms with E-state index in [-0.39, 0.29) is 5.91 Å². The summed E-state index contributed by atoms with van der Waals surface area (Å²) in [6.45, 7) is 0.336. The molecule has 104 valence electrons. The maximum absolute atomic E-state index is 11.9. The van der Waals surface area contributed by atoms with Crippen LogP contribution in [0.4, 0.5) is 0 Å². The van der Waals surface area contributed by atoms with Crippen molar-refractivity contribution in [2.75, 3.05) is 0 Å². The van der Waals surface area contributed by atoms with Crippen molar-refractivity contribution < 1.29 is 4.79 Å². The Labute approximate surface area is 122 Å². The third kappa shape index (κ3) is 3.14. The van der Waals surface area contributed by atoms with Crippen molar-refractivity contribution in [3.05, 3.63) is 72.4 Å². The van der Waals surface area contributed by atoms with E-state index in [0.717, 1.165) is 11.3 Å². The first-order valence-corrected chi connectivity index (χ1v) is 6.61. The van der Waals surface area contributed by atoms with E-state index in [9.17, 15) is 4.79 Å². The highest BCUT2D eigenvalue weighted by atomic mass is 16.1. The average molecular weight is 278 g/mol. The van der Waals surface area contributed by atoms with Gasteiger partial charge in [-0.25, -0.2) is 4.98 Å². The molecule has 0 radical (unpaired) electrons. The van der Waals surface area contributed by atoms with Gasteiger partial charge in [-0.05, 0) is 17.7 Å². The Morgan fingerprint density at radius 3 is 2.62 bits per heavy atom. The van der Waals surface area contributed by atoms with Crippen LogP contribution in [0.3, 0.4) is 0 Å². The summed E-state index contributed by atoms with van der Waals surface area (Å²) in [7, 11) is 0. The molecule has 2 N–H and O–H groups in total. The molecule has 1 aromatic carbocycles. The standard InChI is InChI=1S/C16H14N4O/c21-16(13-8-4-5-9-17-13)19-11-15-18-10-14(20-15)12-6-2-1-3-7-12/h1-10H,11H2,(H,18,20)(H,19,21). The van der Waals surface area contributed by atoms with Gasteiger partial charge in [0.1, 0.15) is 11.5 Å². The molecule has 0 aliphatic rings. The van der Waals surface area contributed by atoms with E-state index in [1.54, 1.807) is 30.6 Å². The third-order valence-corrected chi connectivity index (χ3v) is 3.03. The molecule has 0 aliphatic carbocycles. The summed E-state index contributed by atoms with van der Waals surface area (Å²) in [5.74, 6) is 0.492. The van der Waals surface area contributed by atoms with Crippen LogP contribution < -0.4 is 5.32 Å². The maximum Gasteiger partial charge on any atom is 0.270 e. The molecule has 2 heterocycles. The number of imidazole rings is 1. The first-order valence-electron chi connectivity index (χ1n) is 6.61. The van der Waals surface area contributed by atoms with Gasteiger partial charge >= 0.3 is 0 Å². The number of H-pyrrole nitrogens is 1. The predicted molar refractivity (Wildman–Crippen MR) is 79.4 cm³/mol. The number of hydrogen-bond donors (Lipinski definition) is 2. The number of benzene rings is 1. The average Bonchev–Trinajstić information content (AvgIpc) is 3.03. The van der Waals surface area contributed by atoms with Gasteiger partial charge in [0, 0.05) is 6.20 Å². The molecule has 0 aliphatic heterocycles. The van der Waals surface area contributed by atoms with Crippen LogP contribution in [0.2, 0.25) is 0 Å². The molecule has 5 nitrogen and oxygen atoms in total. The van der Waals surface area contributed by atoms with E-state index in [4.69, 9.17) is 0 Å². The van der Waals surface area contributed by atoms with Crippen LogP contribution in [0, 0.1) is 0 Å². The van der Waals surface area contributed by atoms with Crippen molar-refractivity contribution in [1.29, 1.82) is 0 Å². The van der Waals surface area contributed by atoms with Gasteiger partial charge < -0.3 is 10.3 Å². The van der Waals surface area contributed by atoms with Crippen LogP contribution in [0.25, 0.3) is 11.3 Å². The van der Waals surface area contributed by atoms with E-state index in [0.29, 0.717) is 18.1 Å². The molecule has 0 atom stereocenters. The molecule has 2 aromatic heterocycles. The normalized spacial score (nSPS) is 10.3. The maximum atomic E-state index is 11.9. The van der Waals surface area contributed by atoms with Gasteiger partial charge in [-0.2, -0.15) is 0 Å². The predicted octanol–water partition coefficient (Wildman–Crippen LogP) is 2.40. The molecular weight excluding hydrogens is 264 g/mol. The largest absolute Gasteiger partial charge is 0.343 e. The number of aromatic amines is 1. The van der Waals surface area contributed by atoms with Crippen molar-refractivity contribution >= 4 is 5.91 Å². The number of pyridine rings is 1. The molecule has 0 saturated carbocycles. The number of carbonyl (C=O) groups is 1. The fourth-order valence-corrected chi connectivity index (χ4v) is 1.97. The fraction of sp³-hybridized carbons (Fsp3) is 0.0625. The van der Waals surface area contributed by atoms with Gasteiger partial charge in [0.15, 0.2) is 0 Å². The highest BCUT2D eigenvalue weighted by Crippen LogP contribution is 2.15. The molecule has 0 unspecified atom stereocenters. The summed E-state index contributed by atoms with van der Waals surface area (Å²) in [5.41, 5.74) is 2.39. The number of amides is 1. The first kappa shape index (κ1) is 13.1. The molecule has 3 rings (SSSR count). The molecule has 0 bridgehead atoms. The number of rotatable bonds is 4. The van der Waals surface area contributed by atoms with Gasteiger partial charge in [-0.3, -0.25) is 9.78 Å². The molecule has 21 heavy (non-hydrogen) atoms. The molecule has 1 amide bonds. The van der Waals surface area contributed by atoms with Crippen molar-refractivity contribution in [3.8, 4) is 11.3 Å². The minimum absolute atomic E-state index is 0.215. The second-order valence-electron chi connectivity index (χ2n) is 4.51. The SMILES string of the molecule is O=C(NCc1ncc(-c2ccccc2)[nH]1)c1ccccn1. The lowest BCUT2D eigenvalue weighted by molar-refractivity contribution is 0.0945. The lowest BCUT2D eigenvalue weighted by atomic mass is 10.2. The van der Waals surface area contributed by atoms with Crippen molar-refractivity contribution in [2.45, 2.75) is 6.54 Å². The minimum Gasteiger partial charge on any atom is -0.343 e. The van der Waals surface area contributed by atoms with Gasteiger partial charge in [-0.15, -0.1) is 0 Å². The van der Waals surface area contributed by atoms with Gasteiger partial charge in [0.05, 0.1) is 18.4 Å². The van der Waals surface area contributed by atoms with Gasteiger partial charge in [0.2, 0.25) is 0 Å². The van der Waals surface area contributed by atoms with Crippen LogP contribution in [0.5, 0.6) is 0 Å². The van der Waals surface area contributed by atoms with E-state index < -0.39 is 0 Å². The smallest absolute Gasteiger partial charge is 0.270 e. The monoisotopic (exact) mass is 278 g/mol. The number of aromatic nitrogens is 3. The third-order valence-electron chi connectivity index (χ3n) is 3.03. The summed E-state index contributed by atoms with van der Waals surface area (Å²) in [6, 6.07) is 15.1. The molecule has 3 aromatic rings. The van der Waals surface area contributed by atoms with Crippen LogP contribution in [-0.4, -0.2) is 20.9 Å². The summed E-state index contributed by atoms with van der Waals surface area (Å²) >= 11 is 0. The Morgan fingerprint density at radius 2 is 1.86 bits per heavy atom. The van der Waals surface area contributed by atoms with Gasteiger partial charge in [-0.1, -0.05) is 36.4 Å². The van der Waals surface area contributed by atoms with Crippen LogP contribution in [-0.2, 0) is 6.54 Å². The number of nitrogens with zero attached hydrogens (tertiary/aromatic N) is 2. The van der Waals surface area contributed by atoms with Crippen molar-refractivity contribution in [3.63, 3.8) is 0 Å². The molecular formula is C16H14N4O. The molecule has 5 heteroatoms. The highest BCUT2D eigenvalue weighted by Gasteiger charge is 2.07. The molecule has 0 fully saturated rings. The van der Waals surface area contributed by atoms with E-state index in [2.05, 4.69) is 20.3 Å². The highest BCUT2D eigenvalue weighted by molar-refractivity contribution is 5.92. The summed E-state index contributed by atoms with van der Waals surface area (Å²) in [4.78, 5) is 23.3.